The van der Waals surface area contributed by atoms with Crippen molar-refractivity contribution in [2.45, 2.75) is 10.9 Å². The fourth-order valence-corrected chi connectivity index (χ4v) is 5.60. The maximum atomic E-state index is 14.7. The molecule has 1 atom stereocenters. The lowest BCUT2D eigenvalue weighted by molar-refractivity contribution is -0.140. The number of Topliss-reactive ketones (excluding diaryl/α,β-unsaturated/α-hetero) is 1. The second kappa shape index (κ2) is 10.2. The number of rotatable bonds is 7. The van der Waals surface area contributed by atoms with Crippen LogP contribution >= 0.6 is 0 Å². The van der Waals surface area contributed by atoms with Crippen molar-refractivity contribution < 1.29 is 37.0 Å². The first-order chi connectivity index (χ1) is 16.8. The van der Waals surface area contributed by atoms with Crippen molar-refractivity contribution in [2.75, 3.05) is 46.6 Å². The predicted octanol–water partition coefficient (Wildman–Crippen LogP) is 1.91. The number of aliphatic hydroxyl groups is 1. The zero-order valence-corrected chi connectivity index (χ0v) is 19.8. The van der Waals surface area contributed by atoms with E-state index in [1.807, 2.05) is 0 Å². The minimum Gasteiger partial charge on any atom is -0.507 e. The quantitative estimate of drug-likeness (QED) is 0.348. The number of carbonyl (C=O) groups is 2. The summed E-state index contributed by atoms with van der Waals surface area (Å²) in [6.07, 6.45) is 0. The van der Waals surface area contributed by atoms with E-state index in [1.165, 1.54) is 53.9 Å². The average Bonchev–Trinajstić information content (AvgIpc) is 3.12. The third-order valence-electron chi connectivity index (χ3n) is 6.01. The molecule has 0 spiro atoms. The summed E-state index contributed by atoms with van der Waals surface area (Å²) in [6.45, 7) is 1.18. The highest BCUT2D eigenvalue weighted by atomic mass is 32.2. The van der Waals surface area contributed by atoms with Gasteiger partial charge in [0, 0.05) is 37.9 Å². The van der Waals surface area contributed by atoms with Crippen molar-refractivity contribution >= 4 is 27.5 Å². The van der Waals surface area contributed by atoms with E-state index >= 15 is 0 Å². The van der Waals surface area contributed by atoms with Gasteiger partial charge in [0.05, 0.1) is 36.3 Å². The first-order valence-corrected chi connectivity index (χ1v) is 12.4. The number of methoxy groups -OCH3 is 1. The maximum Gasteiger partial charge on any atom is 0.295 e. The highest BCUT2D eigenvalue weighted by Gasteiger charge is 2.46. The van der Waals surface area contributed by atoms with Crippen LogP contribution in [0.3, 0.4) is 0 Å². The molecule has 2 fully saturated rings. The molecule has 0 radical (unpaired) electrons. The summed E-state index contributed by atoms with van der Waals surface area (Å²) < 4.78 is 52.0. The van der Waals surface area contributed by atoms with Gasteiger partial charge in [-0.15, -0.1) is 0 Å². The van der Waals surface area contributed by atoms with Crippen LogP contribution in [0.5, 0.6) is 0 Å². The van der Waals surface area contributed by atoms with E-state index in [-0.39, 0.29) is 47.8 Å². The molecule has 2 aromatic rings. The minimum atomic E-state index is -3.76. The molecule has 2 aliphatic rings. The lowest BCUT2D eigenvalue weighted by Crippen LogP contribution is -2.40. The van der Waals surface area contributed by atoms with Gasteiger partial charge in [0.25, 0.3) is 11.7 Å². The maximum absolute atomic E-state index is 14.7. The molecule has 11 heteroatoms. The Morgan fingerprint density at radius 1 is 1.11 bits per heavy atom. The van der Waals surface area contributed by atoms with E-state index in [1.54, 1.807) is 6.07 Å². The summed E-state index contributed by atoms with van der Waals surface area (Å²) in [7, 11) is -2.33. The third-order valence-corrected chi connectivity index (χ3v) is 7.92. The SMILES string of the molecule is COCCN1C(=O)C(=O)/C(=C(/O)c2ccc(S(=O)(=O)N3CCOCC3)cc2)[C@H]1c1ccccc1F. The molecule has 0 aliphatic carbocycles. The lowest BCUT2D eigenvalue weighted by Gasteiger charge is -2.26. The number of ether oxygens (including phenoxy) is 2. The van der Waals surface area contributed by atoms with Crippen molar-refractivity contribution in [3.05, 3.63) is 71.0 Å². The Morgan fingerprint density at radius 3 is 2.40 bits per heavy atom. The number of sulfonamides is 1. The van der Waals surface area contributed by atoms with Gasteiger partial charge in [-0.25, -0.2) is 12.8 Å². The Hall–Kier alpha value is -3.12. The first-order valence-electron chi connectivity index (χ1n) is 11.0. The van der Waals surface area contributed by atoms with Crippen LogP contribution in [0, 0.1) is 5.82 Å². The van der Waals surface area contributed by atoms with Crippen LogP contribution in [0.1, 0.15) is 17.2 Å². The summed E-state index contributed by atoms with van der Waals surface area (Å²) >= 11 is 0. The van der Waals surface area contributed by atoms with Gasteiger partial charge in [0.15, 0.2) is 0 Å². The van der Waals surface area contributed by atoms with Gasteiger partial charge in [-0.3, -0.25) is 9.59 Å². The number of hydrogen-bond donors (Lipinski definition) is 1. The Bertz CT molecular complexity index is 1250. The van der Waals surface area contributed by atoms with Gasteiger partial charge < -0.3 is 19.5 Å². The standard InChI is InChI=1S/C24H25FN2O7S/c1-33-13-12-27-21(18-4-2-3-5-19(18)25)20(23(29)24(27)30)22(28)16-6-8-17(9-7-16)35(31,32)26-10-14-34-15-11-26/h2-9,21,28H,10-15H2,1H3/b22-20+/t21-/m1/s1. The Balaban J connectivity index is 1.75. The summed E-state index contributed by atoms with van der Waals surface area (Å²) in [5.41, 5.74) is -0.104. The number of ketones is 1. The number of amides is 1. The Morgan fingerprint density at radius 2 is 1.77 bits per heavy atom. The van der Waals surface area contributed by atoms with Gasteiger partial charge in [0.2, 0.25) is 10.0 Å². The fourth-order valence-electron chi connectivity index (χ4n) is 4.20. The van der Waals surface area contributed by atoms with E-state index in [0.29, 0.717) is 13.2 Å². The fraction of sp³-hybridized carbons (Fsp3) is 0.333. The van der Waals surface area contributed by atoms with Crippen LogP contribution in [-0.2, 0) is 29.1 Å². The van der Waals surface area contributed by atoms with Crippen molar-refractivity contribution in [3.63, 3.8) is 0 Å². The minimum absolute atomic E-state index is 0.00752. The molecule has 0 aromatic heterocycles. The molecular weight excluding hydrogens is 479 g/mol. The lowest BCUT2D eigenvalue weighted by atomic mass is 9.95. The second-order valence-corrected chi connectivity index (χ2v) is 9.99. The summed E-state index contributed by atoms with van der Waals surface area (Å²) in [5.74, 6) is -3.01. The van der Waals surface area contributed by atoms with Crippen molar-refractivity contribution in [3.8, 4) is 0 Å². The van der Waals surface area contributed by atoms with Crippen LogP contribution < -0.4 is 0 Å². The third kappa shape index (κ3) is 4.72. The van der Waals surface area contributed by atoms with Gasteiger partial charge in [-0.2, -0.15) is 4.31 Å². The van der Waals surface area contributed by atoms with Crippen molar-refractivity contribution in [2.24, 2.45) is 0 Å². The van der Waals surface area contributed by atoms with Crippen molar-refractivity contribution in [1.29, 1.82) is 0 Å². The molecule has 2 heterocycles. The Kier molecular flexibility index (Phi) is 7.31. The summed E-state index contributed by atoms with van der Waals surface area (Å²) in [4.78, 5) is 26.9. The molecule has 1 N–H and O–H groups in total. The van der Waals surface area contributed by atoms with Crippen LogP contribution in [0.4, 0.5) is 4.39 Å². The molecule has 0 bridgehead atoms. The van der Waals surface area contributed by atoms with Crippen molar-refractivity contribution in [1.82, 2.24) is 9.21 Å². The number of morpholine rings is 1. The highest BCUT2D eigenvalue weighted by Crippen LogP contribution is 2.40. The number of benzene rings is 2. The highest BCUT2D eigenvalue weighted by molar-refractivity contribution is 7.89. The van der Waals surface area contributed by atoms with E-state index < -0.39 is 39.3 Å². The monoisotopic (exact) mass is 504 g/mol. The van der Waals surface area contributed by atoms with Crippen LogP contribution in [-0.4, -0.2) is 81.0 Å². The van der Waals surface area contributed by atoms with Gasteiger partial charge in [-0.05, 0) is 30.3 Å². The molecule has 2 saturated heterocycles. The zero-order chi connectivity index (χ0) is 25.2. The number of carbonyl (C=O) groups excluding carboxylic acids is 2. The van der Waals surface area contributed by atoms with Crippen LogP contribution in [0.15, 0.2) is 59.0 Å². The Labute approximate surface area is 202 Å². The van der Waals surface area contributed by atoms with E-state index in [4.69, 9.17) is 9.47 Å². The predicted molar refractivity (Wildman–Crippen MR) is 123 cm³/mol. The summed E-state index contributed by atoms with van der Waals surface area (Å²) in [5, 5.41) is 11.1. The molecule has 4 rings (SSSR count). The second-order valence-electron chi connectivity index (χ2n) is 8.05. The van der Waals surface area contributed by atoms with E-state index in [0.717, 1.165) is 4.90 Å². The van der Waals surface area contributed by atoms with Crippen LogP contribution in [0.2, 0.25) is 0 Å². The summed E-state index contributed by atoms with van der Waals surface area (Å²) in [6, 6.07) is 9.87. The number of aliphatic hydroxyl groups excluding tert-OH is 1. The molecule has 0 saturated carbocycles. The van der Waals surface area contributed by atoms with Gasteiger partial charge in [-0.1, -0.05) is 18.2 Å². The molecule has 186 valence electrons. The number of likely N-dealkylation sites (tertiary alicyclic amines) is 1. The number of nitrogens with zero attached hydrogens (tertiary/aromatic N) is 2. The zero-order valence-electron chi connectivity index (χ0n) is 19.0. The number of hydrogen-bond acceptors (Lipinski definition) is 7. The van der Waals surface area contributed by atoms with Crippen LogP contribution in [0.25, 0.3) is 5.76 Å². The normalized spacial score (nSPS) is 21.0. The first kappa shape index (κ1) is 25.0. The smallest absolute Gasteiger partial charge is 0.295 e. The molecular formula is C24H25FN2O7S. The molecule has 0 unspecified atom stereocenters. The van der Waals surface area contributed by atoms with E-state index in [9.17, 15) is 27.5 Å². The molecule has 1 amide bonds. The molecule has 2 aromatic carbocycles. The molecule has 35 heavy (non-hydrogen) atoms. The average molecular weight is 505 g/mol. The number of halogens is 1. The molecule has 2 aliphatic heterocycles. The van der Waals surface area contributed by atoms with Gasteiger partial charge in [0.1, 0.15) is 11.6 Å². The topological polar surface area (TPSA) is 113 Å². The van der Waals surface area contributed by atoms with E-state index in [2.05, 4.69) is 0 Å². The van der Waals surface area contributed by atoms with Gasteiger partial charge >= 0.3 is 0 Å². The largest absolute Gasteiger partial charge is 0.507 e. The molecule has 9 nitrogen and oxygen atoms in total.